The number of rotatable bonds is 2. The molecule has 17 heavy (non-hydrogen) atoms. The molecule has 0 aliphatic carbocycles. The van der Waals surface area contributed by atoms with Crippen molar-refractivity contribution in [2.24, 2.45) is 0 Å². The van der Waals surface area contributed by atoms with Crippen molar-refractivity contribution in [2.75, 3.05) is 0 Å². The first-order valence-electron chi connectivity index (χ1n) is 5.22. The normalized spacial score (nSPS) is 10.2. The first-order chi connectivity index (χ1) is 8.09. The van der Waals surface area contributed by atoms with E-state index in [1.54, 1.807) is 12.1 Å². The van der Waals surface area contributed by atoms with Gasteiger partial charge < -0.3 is 10.2 Å². The molecule has 0 spiro atoms. The highest BCUT2D eigenvalue weighted by Crippen LogP contribution is 2.25. The van der Waals surface area contributed by atoms with Crippen LogP contribution in [-0.2, 0) is 0 Å². The van der Waals surface area contributed by atoms with E-state index in [0.717, 1.165) is 11.6 Å². The van der Waals surface area contributed by atoms with Crippen molar-refractivity contribution >= 4 is 5.78 Å². The minimum atomic E-state index is -0.249. The highest BCUT2D eigenvalue weighted by Gasteiger charge is 2.15. The van der Waals surface area contributed by atoms with Gasteiger partial charge in [0, 0.05) is 11.6 Å². The number of carbonyl (C=O) groups excluding carboxylic acids is 1. The third-order valence-corrected chi connectivity index (χ3v) is 2.62. The minimum Gasteiger partial charge on any atom is -0.508 e. The smallest absolute Gasteiger partial charge is 0.197 e. The van der Waals surface area contributed by atoms with Gasteiger partial charge in [-0.2, -0.15) is 0 Å². The lowest BCUT2D eigenvalue weighted by Gasteiger charge is -2.06. The monoisotopic (exact) mass is 228 g/mol. The Labute approximate surface area is 99.0 Å². The Bertz CT molecular complexity index is 573. The minimum absolute atomic E-state index is 0.0659. The Morgan fingerprint density at radius 1 is 1.00 bits per heavy atom. The fraction of sp³-hybridized carbons (Fsp3) is 0.0714. The molecule has 86 valence electrons. The van der Waals surface area contributed by atoms with E-state index in [1.165, 1.54) is 12.1 Å². The summed E-state index contributed by atoms with van der Waals surface area (Å²) in [5.74, 6) is -0.525. The Morgan fingerprint density at radius 2 is 1.71 bits per heavy atom. The van der Waals surface area contributed by atoms with Crippen LogP contribution in [0.2, 0.25) is 0 Å². The number of ketones is 1. The van der Waals surface area contributed by atoms with Gasteiger partial charge in [0.25, 0.3) is 0 Å². The van der Waals surface area contributed by atoms with Crippen LogP contribution in [0.4, 0.5) is 0 Å². The van der Waals surface area contributed by atoms with E-state index >= 15 is 0 Å². The second kappa shape index (κ2) is 4.29. The maximum atomic E-state index is 12.2. The summed E-state index contributed by atoms with van der Waals surface area (Å²) in [5, 5.41) is 18.8. The molecule has 2 rings (SSSR count). The fourth-order valence-corrected chi connectivity index (χ4v) is 1.68. The van der Waals surface area contributed by atoms with Crippen LogP contribution in [0, 0.1) is 6.92 Å². The lowest BCUT2D eigenvalue weighted by atomic mass is 9.98. The summed E-state index contributed by atoms with van der Waals surface area (Å²) in [6.45, 7) is 1.84. The van der Waals surface area contributed by atoms with Crippen molar-refractivity contribution in [3.8, 4) is 11.5 Å². The van der Waals surface area contributed by atoms with Crippen molar-refractivity contribution in [1.29, 1.82) is 0 Å². The van der Waals surface area contributed by atoms with Gasteiger partial charge in [-0.1, -0.05) is 24.3 Å². The Morgan fingerprint density at radius 3 is 2.35 bits per heavy atom. The van der Waals surface area contributed by atoms with Gasteiger partial charge in [0.15, 0.2) is 5.78 Å². The van der Waals surface area contributed by atoms with Crippen LogP contribution in [0.5, 0.6) is 11.5 Å². The summed E-state index contributed by atoms with van der Waals surface area (Å²) >= 11 is 0. The predicted molar refractivity (Wildman–Crippen MR) is 64.4 cm³/mol. The van der Waals surface area contributed by atoms with Gasteiger partial charge in [-0.25, -0.2) is 0 Å². The molecule has 0 saturated heterocycles. The third-order valence-electron chi connectivity index (χ3n) is 2.62. The number of hydrogen-bond acceptors (Lipinski definition) is 3. The van der Waals surface area contributed by atoms with Gasteiger partial charge in [0.2, 0.25) is 0 Å². The second-order valence-electron chi connectivity index (χ2n) is 3.85. The van der Waals surface area contributed by atoms with Crippen LogP contribution in [0.25, 0.3) is 0 Å². The van der Waals surface area contributed by atoms with Gasteiger partial charge in [-0.05, 0) is 24.6 Å². The van der Waals surface area contributed by atoms with Crippen molar-refractivity contribution in [2.45, 2.75) is 6.92 Å². The van der Waals surface area contributed by atoms with Gasteiger partial charge >= 0.3 is 0 Å². The van der Waals surface area contributed by atoms with Crippen LogP contribution < -0.4 is 0 Å². The quantitative estimate of drug-likeness (QED) is 0.777. The van der Waals surface area contributed by atoms with Crippen LogP contribution in [-0.4, -0.2) is 16.0 Å². The Hall–Kier alpha value is -2.29. The van der Waals surface area contributed by atoms with Crippen LogP contribution in [0.15, 0.2) is 42.5 Å². The van der Waals surface area contributed by atoms with Crippen molar-refractivity contribution in [3.05, 3.63) is 59.2 Å². The average molecular weight is 228 g/mol. The summed E-state index contributed by atoms with van der Waals surface area (Å²) in [6, 6.07) is 11.1. The average Bonchev–Trinajstić information content (AvgIpc) is 2.29. The molecule has 0 bridgehead atoms. The molecule has 0 aliphatic heterocycles. The maximum Gasteiger partial charge on any atom is 0.197 e. The topological polar surface area (TPSA) is 57.5 Å². The highest BCUT2D eigenvalue weighted by molar-refractivity contribution is 6.11. The molecule has 0 radical (unpaired) electrons. The van der Waals surface area contributed by atoms with Crippen molar-refractivity contribution < 1.29 is 15.0 Å². The van der Waals surface area contributed by atoms with E-state index in [9.17, 15) is 15.0 Å². The zero-order chi connectivity index (χ0) is 12.4. The van der Waals surface area contributed by atoms with E-state index in [0.29, 0.717) is 5.56 Å². The molecule has 2 aromatic carbocycles. The van der Waals surface area contributed by atoms with E-state index in [-0.39, 0.29) is 22.8 Å². The fourth-order valence-electron chi connectivity index (χ4n) is 1.68. The SMILES string of the molecule is Cc1ccccc1C(=O)c1ccc(O)cc1O. The van der Waals surface area contributed by atoms with Crippen LogP contribution in [0.3, 0.4) is 0 Å². The van der Waals surface area contributed by atoms with Gasteiger partial charge in [0.1, 0.15) is 11.5 Å². The summed E-state index contributed by atoms with van der Waals surface area (Å²) in [6.07, 6.45) is 0. The second-order valence-corrected chi connectivity index (χ2v) is 3.85. The number of aryl methyl sites for hydroxylation is 1. The predicted octanol–water partition coefficient (Wildman–Crippen LogP) is 2.64. The number of benzene rings is 2. The summed E-state index contributed by atoms with van der Waals surface area (Å²) in [5.41, 5.74) is 1.59. The number of hydrogen-bond donors (Lipinski definition) is 2. The molecule has 2 aromatic rings. The Balaban J connectivity index is 2.48. The number of phenolic OH excluding ortho intramolecular Hbond substituents is 2. The van der Waals surface area contributed by atoms with E-state index in [4.69, 9.17) is 0 Å². The maximum absolute atomic E-state index is 12.2. The Kier molecular flexibility index (Phi) is 2.83. The zero-order valence-corrected chi connectivity index (χ0v) is 9.34. The number of carbonyl (C=O) groups is 1. The number of phenols is 2. The molecule has 3 nitrogen and oxygen atoms in total. The zero-order valence-electron chi connectivity index (χ0n) is 9.34. The van der Waals surface area contributed by atoms with E-state index in [1.807, 2.05) is 19.1 Å². The number of aromatic hydroxyl groups is 2. The standard InChI is InChI=1S/C14H12O3/c1-9-4-2-3-5-11(9)14(17)12-7-6-10(15)8-13(12)16/h2-8,15-16H,1H3. The van der Waals surface area contributed by atoms with Gasteiger partial charge in [-0.3, -0.25) is 4.79 Å². The van der Waals surface area contributed by atoms with Crippen molar-refractivity contribution in [1.82, 2.24) is 0 Å². The third kappa shape index (κ3) is 2.13. The summed E-state index contributed by atoms with van der Waals surface area (Å²) in [7, 11) is 0. The highest BCUT2D eigenvalue weighted by atomic mass is 16.3. The summed E-state index contributed by atoms with van der Waals surface area (Å²) < 4.78 is 0. The first kappa shape index (κ1) is 11.2. The molecule has 0 amide bonds. The summed E-state index contributed by atoms with van der Waals surface area (Å²) in [4.78, 5) is 12.2. The molecule has 0 heterocycles. The molecule has 3 heteroatoms. The van der Waals surface area contributed by atoms with Gasteiger partial charge in [0.05, 0.1) is 5.56 Å². The first-order valence-corrected chi connectivity index (χ1v) is 5.22. The lowest BCUT2D eigenvalue weighted by molar-refractivity contribution is 0.103. The molecular formula is C14H12O3. The van der Waals surface area contributed by atoms with Crippen LogP contribution >= 0.6 is 0 Å². The largest absolute Gasteiger partial charge is 0.508 e. The molecule has 2 N–H and O–H groups in total. The molecule has 0 atom stereocenters. The van der Waals surface area contributed by atoms with Crippen molar-refractivity contribution in [3.63, 3.8) is 0 Å². The molecule has 0 saturated carbocycles. The molecule has 0 fully saturated rings. The lowest BCUT2D eigenvalue weighted by Crippen LogP contribution is -2.03. The van der Waals surface area contributed by atoms with E-state index in [2.05, 4.69) is 0 Å². The van der Waals surface area contributed by atoms with Crippen LogP contribution in [0.1, 0.15) is 21.5 Å². The molecule has 0 unspecified atom stereocenters. The molecular weight excluding hydrogens is 216 g/mol. The van der Waals surface area contributed by atoms with E-state index < -0.39 is 0 Å². The molecule has 0 aromatic heterocycles. The van der Waals surface area contributed by atoms with Gasteiger partial charge in [-0.15, -0.1) is 0 Å². The molecule has 0 aliphatic rings.